The average molecular weight is 460 g/mol. The molecule has 0 spiro atoms. The van der Waals surface area contributed by atoms with Crippen LogP contribution in [0.2, 0.25) is 0 Å². The number of nitrogens with zero attached hydrogens (tertiary/aromatic N) is 2. The number of fused-ring (bicyclic) bond motifs is 3. The van der Waals surface area contributed by atoms with E-state index in [4.69, 9.17) is 24.0 Å². The number of hydrazone groups is 1. The van der Waals surface area contributed by atoms with E-state index in [1.807, 2.05) is 35.3 Å². The van der Waals surface area contributed by atoms with Gasteiger partial charge >= 0.3 is 5.97 Å². The monoisotopic (exact) mass is 460 g/mol. The lowest BCUT2D eigenvalue weighted by Gasteiger charge is -2.38. The fraction of sp³-hybridized carbons (Fsp3) is 0.231. The molecule has 34 heavy (non-hydrogen) atoms. The third-order valence-corrected chi connectivity index (χ3v) is 6.13. The van der Waals surface area contributed by atoms with Crippen LogP contribution in [0.15, 0.2) is 65.8 Å². The Bertz CT molecular complexity index is 1270. The van der Waals surface area contributed by atoms with Crippen LogP contribution < -0.4 is 14.2 Å². The number of hydrogen-bond acceptors (Lipinski definition) is 8. The van der Waals surface area contributed by atoms with Crippen molar-refractivity contribution in [1.29, 1.82) is 0 Å². The van der Waals surface area contributed by atoms with Crippen molar-refractivity contribution in [2.45, 2.75) is 18.7 Å². The van der Waals surface area contributed by atoms with E-state index >= 15 is 0 Å². The molecule has 3 aromatic rings. The van der Waals surface area contributed by atoms with Crippen molar-refractivity contribution < 1.29 is 28.8 Å². The third-order valence-electron chi connectivity index (χ3n) is 6.13. The molecule has 0 saturated carbocycles. The summed E-state index contributed by atoms with van der Waals surface area (Å²) in [6, 6.07) is 17.8. The van der Waals surface area contributed by atoms with Gasteiger partial charge in [0.25, 0.3) is 0 Å². The standard InChI is InChI=1S/C26H24N2O6/c1-31-17-11-12-22(29)19(13-17)20-14-21-18-5-4-6-23(32-2)24(18)34-25(28(21)27-20)15-7-9-16(10-8-15)26(30)33-3/h4-13,21,25,29H,14H2,1-3H3/t21-,25-/m0/s1. The molecule has 174 valence electrons. The fourth-order valence-corrected chi connectivity index (χ4v) is 4.40. The number of esters is 1. The number of rotatable bonds is 5. The summed E-state index contributed by atoms with van der Waals surface area (Å²) in [7, 11) is 4.54. The van der Waals surface area contributed by atoms with Gasteiger partial charge in [-0.1, -0.05) is 24.3 Å². The first kappa shape index (κ1) is 21.6. The number of aromatic hydroxyl groups is 1. The minimum absolute atomic E-state index is 0.130. The molecular weight excluding hydrogens is 436 g/mol. The van der Waals surface area contributed by atoms with E-state index in [2.05, 4.69) is 0 Å². The molecule has 2 aliphatic rings. The zero-order valence-corrected chi connectivity index (χ0v) is 19.0. The molecule has 2 aliphatic heterocycles. The van der Waals surface area contributed by atoms with E-state index in [0.29, 0.717) is 34.8 Å². The van der Waals surface area contributed by atoms with E-state index < -0.39 is 12.2 Å². The summed E-state index contributed by atoms with van der Waals surface area (Å²) in [5, 5.41) is 17.3. The van der Waals surface area contributed by atoms with Crippen molar-refractivity contribution in [3.05, 3.63) is 82.9 Å². The maximum absolute atomic E-state index is 11.9. The van der Waals surface area contributed by atoms with Crippen LogP contribution >= 0.6 is 0 Å². The summed E-state index contributed by atoms with van der Waals surface area (Å²) in [6.07, 6.45) is -0.00758. The topological polar surface area (TPSA) is 89.8 Å². The predicted molar refractivity (Wildman–Crippen MR) is 125 cm³/mol. The van der Waals surface area contributed by atoms with Gasteiger partial charge in [-0.25, -0.2) is 9.80 Å². The third kappa shape index (κ3) is 3.57. The Kier molecular flexibility index (Phi) is 5.49. The lowest BCUT2D eigenvalue weighted by atomic mass is 9.95. The summed E-state index contributed by atoms with van der Waals surface area (Å²) < 4.78 is 22.2. The summed E-state index contributed by atoms with van der Waals surface area (Å²) in [6.45, 7) is 0. The maximum atomic E-state index is 11.9. The first-order valence-corrected chi connectivity index (χ1v) is 10.8. The lowest BCUT2D eigenvalue weighted by Crippen LogP contribution is -2.33. The molecule has 0 aromatic heterocycles. The van der Waals surface area contributed by atoms with Crippen molar-refractivity contribution in [1.82, 2.24) is 5.01 Å². The number of phenolic OH excluding ortho intramolecular Hbond substituents is 1. The van der Waals surface area contributed by atoms with Crippen LogP contribution in [0.4, 0.5) is 0 Å². The minimum atomic E-state index is -0.564. The van der Waals surface area contributed by atoms with Crippen LogP contribution in [0.5, 0.6) is 23.0 Å². The van der Waals surface area contributed by atoms with Crippen molar-refractivity contribution in [2.24, 2.45) is 5.10 Å². The highest BCUT2D eigenvalue weighted by atomic mass is 16.5. The highest BCUT2D eigenvalue weighted by molar-refractivity contribution is 6.04. The van der Waals surface area contributed by atoms with Gasteiger partial charge in [0.2, 0.25) is 6.23 Å². The largest absolute Gasteiger partial charge is 0.507 e. The SMILES string of the molecule is COC(=O)c1ccc([C@@H]2Oc3c(OC)cccc3[C@@H]3CC(c4cc(OC)ccc4O)=NN32)cc1. The Morgan fingerprint density at radius 2 is 1.85 bits per heavy atom. The molecule has 8 heteroatoms. The summed E-state index contributed by atoms with van der Waals surface area (Å²) in [5.74, 6) is 1.64. The van der Waals surface area contributed by atoms with Gasteiger partial charge in [0.05, 0.1) is 38.6 Å². The predicted octanol–water partition coefficient (Wildman–Crippen LogP) is 4.44. The number of benzene rings is 3. The van der Waals surface area contributed by atoms with Gasteiger partial charge < -0.3 is 24.1 Å². The van der Waals surface area contributed by atoms with Crippen LogP contribution in [0.3, 0.4) is 0 Å². The van der Waals surface area contributed by atoms with Crippen LogP contribution in [0.1, 0.15) is 45.7 Å². The van der Waals surface area contributed by atoms with E-state index in [-0.39, 0.29) is 11.8 Å². The molecule has 0 bridgehead atoms. The highest BCUT2D eigenvalue weighted by Gasteiger charge is 2.42. The average Bonchev–Trinajstić information content (AvgIpc) is 3.33. The van der Waals surface area contributed by atoms with Crippen LogP contribution in [0.25, 0.3) is 0 Å². The molecule has 0 unspecified atom stereocenters. The number of para-hydroxylation sites is 1. The number of methoxy groups -OCH3 is 3. The molecule has 0 radical (unpaired) electrons. The Balaban J connectivity index is 1.60. The van der Waals surface area contributed by atoms with Gasteiger partial charge in [-0.3, -0.25) is 0 Å². The second-order valence-electron chi connectivity index (χ2n) is 7.99. The highest BCUT2D eigenvalue weighted by Crippen LogP contribution is 2.51. The fourth-order valence-electron chi connectivity index (χ4n) is 4.40. The maximum Gasteiger partial charge on any atom is 0.337 e. The van der Waals surface area contributed by atoms with Crippen LogP contribution in [0, 0.1) is 0 Å². The zero-order valence-electron chi connectivity index (χ0n) is 19.0. The van der Waals surface area contributed by atoms with Gasteiger partial charge in [-0.15, -0.1) is 0 Å². The first-order valence-electron chi connectivity index (χ1n) is 10.8. The zero-order chi connectivity index (χ0) is 23.8. The summed E-state index contributed by atoms with van der Waals surface area (Å²) in [5.41, 5.74) is 3.54. The second-order valence-corrected chi connectivity index (χ2v) is 7.99. The molecular formula is C26H24N2O6. The molecule has 1 N–H and O–H groups in total. The molecule has 8 nitrogen and oxygen atoms in total. The van der Waals surface area contributed by atoms with Crippen molar-refractivity contribution in [3.8, 4) is 23.0 Å². The van der Waals surface area contributed by atoms with Crippen LogP contribution in [-0.4, -0.2) is 43.1 Å². The molecule has 0 aliphatic carbocycles. The van der Waals surface area contributed by atoms with Crippen molar-refractivity contribution in [3.63, 3.8) is 0 Å². The number of carbonyl (C=O) groups excluding carboxylic acids is 1. The molecule has 0 amide bonds. The van der Waals surface area contributed by atoms with Gasteiger partial charge in [0, 0.05) is 23.1 Å². The normalized spacial score (nSPS) is 18.3. The summed E-state index contributed by atoms with van der Waals surface area (Å²) in [4.78, 5) is 11.9. The van der Waals surface area contributed by atoms with E-state index in [1.54, 1.807) is 44.6 Å². The Labute approximate surface area is 196 Å². The molecule has 2 atom stereocenters. The van der Waals surface area contributed by atoms with Gasteiger partial charge in [0.1, 0.15) is 11.5 Å². The Morgan fingerprint density at radius 3 is 2.56 bits per heavy atom. The van der Waals surface area contributed by atoms with E-state index in [0.717, 1.165) is 16.8 Å². The van der Waals surface area contributed by atoms with Crippen molar-refractivity contribution >= 4 is 11.7 Å². The van der Waals surface area contributed by atoms with Gasteiger partial charge in [-0.2, -0.15) is 5.10 Å². The second kappa shape index (κ2) is 8.62. The Hall–Kier alpha value is -4.20. The molecule has 0 fully saturated rings. The quantitative estimate of drug-likeness (QED) is 0.563. The number of phenols is 1. The number of ether oxygens (including phenoxy) is 4. The summed E-state index contributed by atoms with van der Waals surface area (Å²) >= 11 is 0. The van der Waals surface area contributed by atoms with E-state index in [1.165, 1.54) is 7.11 Å². The number of hydrogen-bond donors (Lipinski definition) is 1. The number of carbonyl (C=O) groups is 1. The Morgan fingerprint density at radius 1 is 1.06 bits per heavy atom. The molecule has 2 heterocycles. The smallest absolute Gasteiger partial charge is 0.337 e. The minimum Gasteiger partial charge on any atom is -0.507 e. The lowest BCUT2D eigenvalue weighted by molar-refractivity contribution is -0.0209. The van der Waals surface area contributed by atoms with E-state index in [9.17, 15) is 9.90 Å². The van der Waals surface area contributed by atoms with Crippen molar-refractivity contribution in [2.75, 3.05) is 21.3 Å². The molecule has 5 rings (SSSR count). The van der Waals surface area contributed by atoms with Gasteiger partial charge in [0.15, 0.2) is 11.5 Å². The first-order chi connectivity index (χ1) is 16.5. The van der Waals surface area contributed by atoms with Crippen LogP contribution in [-0.2, 0) is 4.74 Å². The molecule has 3 aromatic carbocycles. The molecule has 0 saturated heterocycles. The van der Waals surface area contributed by atoms with Gasteiger partial charge in [-0.05, 0) is 36.4 Å².